The molecule has 0 bridgehead atoms. The van der Waals surface area contributed by atoms with Crippen LogP contribution in [0.3, 0.4) is 0 Å². The first-order valence-corrected chi connectivity index (χ1v) is 7.61. The summed E-state index contributed by atoms with van der Waals surface area (Å²) in [6, 6.07) is 5.72. The first kappa shape index (κ1) is 16.8. The van der Waals surface area contributed by atoms with E-state index >= 15 is 0 Å². The van der Waals surface area contributed by atoms with Crippen molar-refractivity contribution >= 4 is 11.7 Å². The molecule has 22 heavy (non-hydrogen) atoms. The molecule has 0 spiro atoms. The molecule has 0 saturated heterocycles. The van der Waals surface area contributed by atoms with Gasteiger partial charge in [0.15, 0.2) is 0 Å². The number of hydrogen-bond acceptors (Lipinski definition) is 5. The molecule has 1 aliphatic carbocycles. The van der Waals surface area contributed by atoms with Crippen molar-refractivity contribution in [1.82, 2.24) is 0 Å². The van der Waals surface area contributed by atoms with Gasteiger partial charge >= 0.3 is 5.97 Å². The Balaban J connectivity index is 2.01. The maximum atomic E-state index is 12.1. The molecule has 1 aliphatic rings. The van der Waals surface area contributed by atoms with Crippen molar-refractivity contribution in [1.29, 1.82) is 0 Å². The molecule has 1 N–H and O–H groups in total. The normalized spacial score (nSPS) is 26.7. The molecule has 0 heterocycles. The van der Waals surface area contributed by atoms with Gasteiger partial charge in [0.2, 0.25) is 0 Å². The van der Waals surface area contributed by atoms with E-state index in [4.69, 9.17) is 9.94 Å². The highest BCUT2D eigenvalue weighted by atomic mass is 16.8. The molecule has 2 rings (SSSR count). The average molecular weight is 306 g/mol. The number of nitrogens with zero attached hydrogens (tertiary/aromatic N) is 1. The number of hydrogen-bond donors (Lipinski definition) is 1. The summed E-state index contributed by atoms with van der Waals surface area (Å²) in [7, 11) is 0. The highest BCUT2D eigenvalue weighted by Gasteiger charge is 2.50. The second-order valence-electron chi connectivity index (χ2n) is 7.12. The lowest BCUT2D eigenvalue weighted by atomic mass is 9.66. The largest absolute Gasteiger partial charge is 0.733 e. The fourth-order valence-corrected chi connectivity index (χ4v) is 3.10. The third-order valence-corrected chi connectivity index (χ3v) is 5.76. The van der Waals surface area contributed by atoms with Crippen molar-refractivity contribution in [2.24, 2.45) is 16.7 Å². The Morgan fingerprint density at radius 3 is 2.41 bits per heavy atom. The second kappa shape index (κ2) is 5.89. The molecule has 0 aromatic heterocycles. The Bertz CT molecular complexity index is 538. The first-order chi connectivity index (χ1) is 10.2. The van der Waals surface area contributed by atoms with E-state index in [9.17, 15) is 10.0 Å². The van der Waals surface area contributed by atoms with E-state index in [0.717, 1.165) is 12.8 Å². The maximum absolute atomic E-state index is 12.1. The third kappa shape index (κ3) is 2.96. The average Bonchev–Trinajstić information content (AvgIpc) is 2.69. The van der Waals surface area contributed by atoms with E-state index in [1.807, 2.05) is 0 Å². The summed E-state index contributed by atoms with van der Waals surface area (Å²) >= 11 is 0. The molecule has 1 aromatic rings. The molecule has 122 valence electrons. The Morgan fingerprint density at radius 1 is 1.36 bits per heavy atom. The van der Waals surface area contributed by atoms with Crippen LogP contribution in [0.15, 0.2) is 24.3 Å². The monoisotopic (exact) mass is 306 g/mol. The van der Waals surface area contributed by atoms with Crippen LogP contribution in [0.1, 0.15) is 50.9 Å². The van der Waals surface area contributed by atoms with Crippen LogP contribution in [-0.2, 0) is 4.74 Å². The molecule has 0 unspecified atom stereocenters. The van der Waals surface area contributed by atoms with Gasteiger partial charge in [0.25, 0.3) is 0 Å². The molecular weight excluding hydrogens is 282 g/mol. The molecule has 0 aliphatic heterocycles. The Labute approximate surface area is 131 Å². The highest BCUT2D eigenvalue weighted by Crippen LogP contribution is 2.55. The van der Waals surface area contributed by atoms with E-state index in [1.165, 1.54) is 24.3 Å². The number of rotatable bonds is 4. The SMILES string of the molecule is C[C@@H]1CC[C@@](C)(COC(=O)c2ccc(N([O-])O)cc2)C1(C)C. The van der Waals surface area contributed by atoms with Gasteiger partial charge < -0.3 is 15.2 Å². The highest BCUT2D eigenvalue weighted by molar-refractivity contribution is 5.89. The molecule has 1 fully saturated rings. The van der Waals surface area contributed by atoms with Gasteiger partial charge in [-0.2, -0.15) is 0 Å². The molecule has 5 heteroatoms. The molecule has 1 aromatic carbocycles. The van der Waals surface area contributed by atoms with E-state index in [1.54, 1.807) is 0 Å². The van der Waals surface area contributed by atoms with Crippen LogP contribution >= 0.6 is 0 Å². The zero-order valence-corrected chi connectivity index (χ0v) is 13.6. The Hall–Kier alpha value is -1.59. The number of anilines is 1. The number of esters is 1. The zero-order valence-electron chi connectivity index (χ0n) is 13.6. The number of ether oxygens (including phenoxy) is 1. The lowest BCUT2D eigenvalue weighted by Gasteiger charge is -2.40. The van der Waals surface area contributed by atoms with E-state index in [0.29, 0.717) is 18.1 Å². The number of carbonyl (C=O) groups excluding carboxylic acids is 1. The minimum absolute atomic E-state index is 0.0288. The molecule has 0 amide bonds. The molecular formula is C17H24NO4-. The quantitative estimate of drug-likeness (QED) is 0.672. The van der Waals surface area contributed by atoms with Gasteiger partial charge in [-0.25, -0.2) is 4.79 Å². The van der Waals surface area contributed by atoms with E-state index in [-0.39, 0.29) is 21.7 Å². The van der Waals surface area contributed by atoms with Gasteiger partial charge in [0.1, 0.15) is 0 Å². The van der Waals surface area contributed by atoms with Crippen LogP contribution in [0.4, 0.5) is 5.69 Å². The van der Waals surface area contributed by atoms with Gasteiger partial charge in [-0.1, -0.05) is 27.7 Å². The van der Waals surface area contributed by atoms with Crippen molar-refractivity contribution in [2.45, 2.75) is 40.5 Å². The van der Waals surface area contributed by atoms with Gasteiger partial charge in [-0.15, -0.1) is 0 Å². The van der Waals surface area contributed by atoms with Gasteiger partial charge in [-0.3, -0.25) is 5.21 Å². The first-order valence-electron chi connectivity index (χ1n) is 7.61. The summed E-state index contributed by atoms with van der Waals surface area (Å²) in [6.45, 7) is 9.27. The van der Waals surface area contributed by atoms with Crippen LogP contribution in [0, 0.1) is 22.0 Å². The lowest BCUT2D eigenvalue weighted by molar-refractivity contribution is -0.00350. The fourth-order valence-electron chi connectivity index (χ4n) is 3.10. The topological polar surface area (TPSA) is 72.8 Å². The maximum Gasteiger partial charge on any atom is 0.338 e. The Morgan fingerprint density at radius 2 is 1.95 bits per heavy atom. The number of carbonyl (C=O) groups is 1. The third-order valence-electron chi connectivity index (χ3n) is 5.76. The van der Waals surface area contributed by atoms with Gasteiger partial charge in [-0.05, 0) is 48.4 Å². The van der Waals surface area contributed by atoms with Crippen molar-refractivity contribution in [2.75, 3.05) is 11.8 Å². The van der Waals surface area contributed by atoms with Crippen molar-refractivity contribution in [3.8, 4) is 0 Å². The zero-order chi connectivity index (χ0) is 16.5. The molecule has 1 saturated carbocycles. The molecule has 5 nitrogen and oxygen atoms in total. The smallest absolute Gasteiger partial charge is 0.338 e. The summed E-state index contributed by atoms with van der Waals surface area (Å²) < 4.78 is 5.51. The van der Waals surface area contributed by atoms with Crippen LogP contribution in [-0.4, -0.2) is 17.8 Å². The van der Waals surface area contributed by atoms with Crippen LogP contribution in [0.25, 0.3) is 0 Å². The van der Waals surface area contributed by atoms with Crippen LogP contribution in [0.5, 0.6) is 0 Å². The van der Waals surface area contributed by atoms with Crippen molar-refractivity contribution < 1.29 is 14.7 Å². The van der Waals surface area contributed by atoms with E-state index in [2.05, 4.69) is 27.7 Å². The standard InChI is InChI=1S/C17H24NO4/c1-12-9-10-17(4,16(12,2)3)11-22-15(19)13-5-7-14(8-6-13)18(20)21/h5-8,12,20H,9-11H2,1-4H3/q-1/t12-,17+/m1/s1. The fraction of sp³-hybridized carbons (Fsp3) is 0.588. The minimum Gasteiger partial charge on any atom is -0.733 e. The second-order valence-corrected chi connectivity index (χ2v) is 7.12. The minimum atomic E-state index is -0.404. The predicted molar refractivity (Wildman–Crippen MR) is 84.6 cm³/mol. The predicted octanol–water partition coefficient (Wildman–Crippen LogP) is 4.00. The summed E-state index contributed by atoms with van der Waals surface area (Å²) in [5.41, 5.74) is 0.544. The number of benzene rings is 1. The molecule has 2 atom stereocenters. The lowest BCUT2D eigenvalue weighted by Crippen LogP contribution is -2.37. The van der Waals surface area contributed by atoms with Crippen LogP contribution < -0.4 is 5.23 Å². The van der Waals surface area contributed by atoms with Crippen LogP contribution in [0.2, 0.25) is 0 Å². The van der Waals surface area contributed by atoms with Crippen molar-refractivity contribution in [3.63, 3.8) is 0 Å². The summed E-state index contributed by atoms with van der Waals surface area (Å²) in [5, 5.41) is 19.3. The van der Waals surface area contributed by atoms with Crippen molar-refractivity contribution in [3.05, 3.63) is 35.0 Å². The van der Waals surface area contributed by atoms with E-state index < -0.39 is 5.97 Å². The summed E-state index contributed by atoms with van der Waals surface area (Å²) in [6.07, 6.45) is 2.19. The molecule has 0 radical (unpaired) electrons. The van der Waals surface area contributed by atoms with Gasteiger partial charge in [0.05, 0.1) is 17.9 Å². The summed E-state index contributed by atoms with van der Waals surface area (Å²) in [5.74, 6) is 0.196. The summed E-state index contributed by atoms with van der Waals surface area (Å²) in [4.78, 5) is 12.1. The Kier molecular flexibility index (Phi) is 4.49. The van der Waals surface area contributed by atoms with Gasteiger partial charge in [0, 0.05) is 5.41 Å².